The van der Waals surface area contributed by atoms with Crippen molar-refractivity contribution in [1.82, 2.24) is 5.32 Å². The first-order valence-electron chi connectivity index (χ1n) is 9.49. The minimum atomic E-state index is -0.519. The molecule has 7 nitrogen and oxygen atoms in total. The summed E-state index contributed by atoms with van der Waals surface area (Å²) in [4.78, 5) is 37.4. The molecule has 29 heavy (non-hydrogen) atoms. The van der Waals surface area contributed by atoms with E-state index < -0.39 is 5.97 Å². The normalized spacial score (nSPS) is 10.3. The van der Waals surface area contributed by atoms with Gasteiger partial charge in [-0.2, -0.15) is 0 Å². The molecule has 0 spiro atoms. The minimum Gasteiger partial charge on any atom is -0.494 e. The molecule has 0 saturated heterocycles. The number of thiophene rings is 1. The molecule has 0 bridgehead atoms. The largest absolute Gasteiger partial charge is 0.494 e. The Hall–Kier alpha value is -2.87. The Kier molecular flexibility index (Phi) is 8.21. The molecule has 1 heterocycles. The number of hydrogen-bond acceptors (Lipinski definition) is 6. The Bertz CT molecular complexity index is 874. The van der Waals surface area contributed by atoms with E-state index in [2.05, 4.69) is 17.6 Å². The maximum atomic E-state index is 12.7. The van der Waals surface area contributed by atoms with Crippen molar-refractivity contribution in [2.45, 2.75) is 33.6 Å². The lowest BCUT2D eigenvalue weighted by atomic mass is 10.1. The zero-order valence-corrected chi connectivity index (χ0v) is 17.9. The average Bonchev–Trinajstić information content (AvgIpc) is 3.04. The number of carbonyl (C=O) groups excluding carboxylic acids is 3. The molecule has 156 valence electrons. The van der Waals surface area contributed by atoms with E-state index in [0.29, 0.717) is 33.4 Å². The highest BCUT2D eigenvalue weighted by Gasteiger charge is 2.26. The second kappa shape index (κ2) is 10.6. The molecule has 2 rings (SSSR count). The number of benzene rings is 1. The van der Waals surface area contributed by atoms with Crippen molar-refractivity contribution in [3.63, 3.8) is 0 Å². The third-order valence-corrected chi connectivity index (χ3v) is 5.36. The van der Waals surface area contributed by atoms with E-state index in [4.69, 9.17) is 9.47 Å². The summed E-state index contributed by atoms with van der Waals surface area (Å²) in [5.74, 6) is -0.594. The van der Waals surface area contributed by atoms with E-state index in [0.717, 1.165) is 24.2 Å². The van der Waals surface area contributed by atoms with Crippen LogP contribution in [-0.2, 0) is 4.74 Å². The first-order valence-corrected chi connectivity index (χ1v) is 10.3. The molecular weight excluding hydrogens is 392 g/mol. The van der Waals surface area contributed by atoms with Crippen molar-refractivity contribution in [1.29, 1.82) is 0 Å². The number of hydrogen-bond donors (Lipinski definition) is 2. The number of amides is 2. The number of anilines is 1. The third kappa shape index (κ3) is 5.57. The quantitative estimate of drug-likeness (QED) is 0.474. The smallest absolute Gasteiger partial charge is 0.348 e. The summed E-state index contributed by atoms with van der Waals surface area (Å²) < 4.78 is 10.6. The van der Waals surface area contributed by atoms with Crippen molar-refractivity contribution >= 4 is 34.1 Å². The van der Waals surface area contributed by atoms with Crippen LogP contribution in [0.4, 0.5) is 5.00 Å². The summed E-state index contributed by atoms with van der Waals surface area (Å²) in [7, 11) is 1.49. The van der Waals surface area contributed by atoms with Crippen LogP contribution < -0.4 is 15.4 Å². The maximum Gasteiger partial charge on any atom is 0.348 e. The molecule has 0 aliphatic heterocycles. The summed E-state index contributed by atoms with van der Waals surface area (Å²) in [6.45, 7) is 6.30. The van der Waals surface area contributed by atoms with Gasteiger partial charge in [-0.15, -0.1) is 11.3 Å². The predicted octanol–water partition coefficient (Wildman–Crippen LogP) is 4.02. The van der Waals surface area contributed by atoms with Crippen molar-refractivity contribution in [2.24, 2.45) is 0 Å². The Morgan fingerprint density at radius 1 is 1.07 bits per heavy atom. The fraction of sp³-hybridized carbons (Fsp3) is 0.381. The summed E-state index contributed by atoms with van der Waals surface area (Å²) in [6.07, 6.45) is 2.01. The van der Waals surface area contributed by atoms with Gasteiger partial charge in [-0.3, -0.25) is 9.59 Å². The maximum absolute atomic E-state index is 12.7. The molecule has 0 radical (unpaired) electrons. The van der Waals surface area contributed by atoms with Crippen LogP contribution in [0.2, 0.25) is 0 Å². The SMILES string of the molecule is CCCCOc1ccc(C(=O)Nc2sc(C(=O)OCC)c(C)c2C(=O)NC)cc1. The molecule has 2 N–H and O–H groups in total. The van der Waals surface area contributed by atoms with Gasteiger partial charge in [0, 0.05) is 12.6 Å². The van der Waals surface area contributed by atoms with Crippen LogP contribution in [0, 0.1) is 6.92 Å². The second-order valence-corrected chi connectivity index (χ2v) is 7.26. The lowest BCUT2D eigenvalue weighted by molar-refractivity contribution is 0.0531. The van der Waals surface area contributed by atoms with Gasteiger partial charge in [-0.1, -0.05) is 13.3 Å². The predicted molar refractivity (Wildman–Crippen MR) is 113 cm³/mol. The number of ether oxygens (including phenoxy) is 2. The fourth-order valence-corrected chi connectivity index (χ4v) is 3.70. The monoisotopic (exact) mass is 418 g/mol. The van der Waals surface area contributed by atoms with Gasteiger partial charge in [-0.25, -0.2) is 4.79 Å². The van der Waals surface area contributed by atoms with Crippen LogP contribution in [0.25, 0.3) is 0 Å². The summed E-state index contributed by atoms with van der Waals surface area (Å²) in [5.41, 5.74) is 1.15. The van der Waals surface area contributed by atoms with Gasteiger partial charge in [0.2, 0.25) is 0 Å². The zero-order chi connectivity index (χ0) is 21.4. The third-order valence-electron chi connectivity index (χ3n) is 4.17. The highest BCUT2D eigenvalue weighted by molar-refractivity contribution is 7.18. The summed E-state index contributed by atoms with van der Waals surface area (Å²) in [5, 5.41) is 5.59. The van der Waals surface area contributed by atoms with E-state index in [1.165, 1.54) is 7.05 Å². The Labute approximate surface area is 174 Å². The van der Waals surface area contributed by atoms with Gasteiger partial charge in [-0.05, 0) is 50.1 Å². The van der Waals surface area contributed by atoms with Crippen LogP contribution in [0.15, 0.2) is 24.3 Å². The molecule has 0 saturated carbocycles. The van der Waals surface area contributed by atoms with Crippen LogP contribution in [-0.4, -0.2) is 38.0 Å². The van der Waals surface area contributed by atoms with Gasteiger partial charge in [0.25, 0.3) is 11.8 Å². The minimum absolute atomic E-state index is 0.222. The van der Waals surface area contributed by atoms with E-state index in [-0.39, 0.29) is 24.0 Å². The van der Waals surface area contributed by atoms with Gasteiger partial charge < -0.3 is 20.1 Å². The van der Waals surface area contributed by atoms with Gasteiger partial charge >= 0.3 is 5.97 Å². The number of rotatable bonds is 9. The summed E-state index contributed by atoms with van der Waals surface area (Å²) in [6, 6.07) is 6.77. The number of carbonyl (C=O) groups is 3. The number of esters is 1. The van der Waals surface area contributed by atoms with E-state index >= 15 is 0 Å². The highest BCUT2D eigenvalue weighted by atomic mass is 32.1. The standard InChI is InChI=1S/C21H26N2O5S/c1-5-7-12-28-15-10-8-14(9-11-15)18(24)23-20-16(19(25)22-4)13(3)17(29-20)21(26)27-6-2/h8-11H,5-7,12H2,1-4H3,(H,22,25)(H,23,24). The molecule has 2 aromatic rings. The molecule has 0 atom stereocenters. The molecule has 0 aliphatic rings. The molecule has 1 aromatic heterocycles. The highest BCUT2D eigenvalue weighted by Crippen LogP contribution is 2.34. The fourth-order valence-electron chi connectivity index (χ4n) is 2.60. The van der Waals surface area contributed by atoms with Gasteiger partial charge in [0.1, 0.15) is 15.6 Å². The lowest BCUT2D eigenvalue weighted by Crippen LogP contribution is -2.21. The second-order valence-electron chi connectivity index (χ2n) is 6.24. The van der Waals surface area contributed by atoms with Crippen molar-refractivity contribution < 1.29 is 23.9 Å². The molecule has 0 unspecified atom stereocenters. The van der Waals surface area contributed by atoms with Crippen LogP contribution >= 0.6 is 11.3 Å². The Morgan fingerprint density at radius 2 is 1.76 bits per heavy atom. The van der Waals surface area contributed by atoms with E-state index in [1.807, 2.05) is 0 Å². The number of nitrogens with one attached hydrogen (secondary N) is 2. The van der Waals surface area contributed by atoms with Gasteiger partial charge in [0.05, 0.1) is 18.8 Å². The Morgan fingerprint density at radius 3 is 2.34 bits per heavy atom. The first-order chi connectivity index (χ1) is 13.9. The van der Waals surface area contributed by atoms with Gasteiger partial charge in [0.15, 0.2) is 0 Å². The van der Waals surface area contributed by atoms with E-state index in [9.17, 15) is 14.4 Å². The number of unbranched alkanes of at least 4 members (excludes halogenated alkanes) is 1. The van der Waals surface area contributed by atoms with Crippen LogP contribution in [0.3, 0.4) is 0 Å². The molecular formula is C21H26N2O5S. The van der Waals surface area contributed by atoms with Crippen LogP contribution in [0.1, 0.15) is 62.6 Å². The molecule has 8 heteroatoms. The van der Waals surface area contributed by atoms with Crippen molar-refractivity contribution in [3.8, 4) is 5.75 Å². The molecule has 2 amide bonds. The first kappa shape index (κ1) is 22.4. The van der Waals surface area contributed by atoms with Crippen molar-refractivity contribution in [2.75, 3.05) is 25.6 Å². The zero-order valence-electron chi connectivity index (χ0n) is 17.1. The molecule has 0 aliphatic carbocycles. The topological polar surface area (TPSA) is 93.7 Å². The lowest BCUT2D eigenvalue weighted by Gasteiger charge is -2.08. The molecule has 1 aromatic carbocycles. The average molecular weight is 419 g/mol. The van der Waals surface area contributed by atoms with E-state index in [1.54, 1.807) is 38.1 Å². The summed E-state index contributed by atoms with van der Waals surface area (Å²) >= 11 is 1.03. The molecule has 0 fully saturated rings. The Balaban J connectivity index is 2.23. The van der Waals surface area contributed by atoms with Crippen LogP contribution in [0.5, 0.6) is 5.75 Å². The van der Waals surface area contributed by atoms with Crippen molar-refractivity contribution in [3.05, 3.63) is 45.8 Å².